The quantitative estimate of drug-likeness (QED) is 0.882. The van der Waals surface area contributed by atoms with Gasteiger partial charge in [0.25, 0.3) is 0 Å². The van der Waals surface area contributed by atoms with Crippen molar-refractivity contribution in [1.82, 2.24) is 4.90 Å². The molecule has 6 heteroatoms. The molecular formula is C15H21N3O3. The van der Waals surface area contributed by atoms with Gasteiger partial charge in [-0.1, -0.05) is 25.1 Å². The van der Waals surface area contributed by atoms with Gasteiger partial charge in [0.1, 0.15) is 5.54 Å². The molecule has 2 amide bonds. The van der Waals surface area contributed by atoms with E-state index in [1.807, 2.05) is 37.3 Å². The van der Waals surface area contributed by atoms with Crippen LogP contribution >= 0.6 is 0 Å². The SMILES string of the molecule is COC(=O)N1CC[C@@](Nc2ccccc2)(C(N)=O)[C@H](C)C1. The molecule has 0 aromatic heterocycles. The second-order valence-electron chi connectivity index (χ2n) is 5.39. The lowest BCUT2D eigenvalue weighted by Gasteiger charge is -2.45. The van der Waals surface area contributed by atoms with Crippen LogP contribution in [0.4, 0.5) is 10.5 Å². The first-order valence-electron chi connectivity index (χ1n) is 6.95. The van der Waals surface area contributed by atoms with Gasteiger partial charge in [0, 0.05) is 24.7 Å². The maximum atomic E-state index is 12.1. The Kier molecular flexibility index (Phi) is 4.35. The van der Waals surface area contributed by atoms with Crippen molar-refractivity contribution in [3.05, 3.63) is 30.3 Å². The van der Waals surface area contributed by atoms with Gasteiger partial charge in [-0.3, -0.25) is 4.79 Å². The van der Waals surface area contributed by atoms with Gasteiger partial charge >= 0.3 is 6.09 Å². The molecule has 1 saturated heterocycles. The summed E-state index contributed by atoms with van der Waals surface area (Å²) in [6.45, 7) is 2.77. The topological polar surface area (TPSA) is 84.7 Å². The van der Waals surface area contributed by atoms with Gasteiger partial charge in [-0.2, -0.15) is 0 Å². The van der Waals surface area contributed by atoms with Gasteiger partial charge in [0.2, 0.25) is 5.91 Å². The van der Waals surface area contributed by atoms with E-state index in [2.05, 4.69) is 5.32 Å². The zero-order valence-electron chi connectivity index (χ0n) is 12.3. The van der Waals surface area contributed by atoms with Crippen LogP contribution in [0.5, 0.6) is 0 Å². The van der Waals surface area contributed by atoms with Gasteiger partial charge in [-0.25, -0.2) is 4.79 Å². The fourth-order valence-electron chi connectivity index (χ4n) is 2.82. The average Bonchev–Trinajstić information content (AvgIpc) is 2.49. The maximum absolute atomic E-state index is 12.1. The van der Waals surface area contributed by atoms with Gasteiger partial charge in [-0.15, -0.1) is 0 Å². The molecular weight excluding hydrogens is 270 g/mol. The van der Waals surface area contributed by atoms with E-state index >= 15 is 0 Å². The largest absolute Gasteiger partial charge is 0.453 e. The summed E-state index contributed by atoms with van der Waals surface area (Å²) < 4.78 is 4.74. The van der Waals surface area contributed by atoms with Crippen LogP contribution in [-0.2, 0) is 9.53 Å². The number of nitrogens with zero attached hydrogens (tertiary/aromatic N) is 1. The monoisotopic (exact) mass is 291 g/mol. The predicted molar refractivity (Wildman–Crippen MR) is 79.7 cm³/mol. The molecule has 1 aromatic carbocycles. The third kappa shape index (κ3) is 2.94. The molecule has 0 spiro atoms. The molecule has 0 saturated carbocycles. The van der Waals surface area contributed by atoms with Crippen molar-refractivity contribution in [2.24, 2.45) is 11.7 Å². The van der Waals surface area contributed by atoms with Crippen molar-refractivity contribution in [2.45, 2.75) is 18.9 Å². The highest BCUT2D eigenvalue weighted by Gasteiger charge is 2.46. The fraction of sp³-hybridized carbons (Fsp3) is 0.467. The first-order chi connectivity index (χ1) is 9.99. The number of amides is 2. The number of rotatable bonds is 3. The van der Waals surface area contributed by atoms with Gasteiger partial charge < -0.3 is 20.7 Å². The Labute approximate surface area is 124 Å². The average molecular weight is 291 g/mol. The number of hydrogen-bond acceptors (Lipinski definition) is 4. The van der Waals surface area contributed by atoms with E-state index in [-0.39, 0.29) is 12.0 Å². The summed E-state index contributed by atoms with van der Waals surface area (Å²) in [5.41, 5.74) is 5.65. The second kappa shape index (κ2) is 6.03. The molecule has 3 N–H and O–H groups in total. The normalized spacial score (nSPS) is 25.2. The molecule has 1 aromatic rings. The number of carbonyl (C=O) groups excluding carboxylic acids is 2. The van der Waals surface area contributed by atoms with E-state index in [9.17, 15) is 9.59 Å². The number of ether oxygens (including phenoxy) is 1. The van der Waals surface area contributed by atoms with E-state index in [1.165, 1.54) is 7.11 Å². The minimum Gasteiger partial charge on any atom is -0.453 e. The lowest BCUT2D eigenvalue weighted by atomic mass is 9.78. The number of para-hydroxylation sites is 1. The Morgan fingerprint density at radius 1 is 1.38 bits per heavy atom. The Morgan fingerprint density at radius 2 is 2.05 bits per heavy atom. The van der Waals surface area contributed by atoms with E-state index in [4.69, 9.17) is 10.5 Å². The molecule has 1 aliphatic heterocycles. The summed E-state index contributed by atoms with van der Waals surface area (Å²) in [6.07, 6.45) is 0.0765. The van der Waals surface area contributed by atoms with Crippen molar-refractivity contribution in [3.63, 3.8) is 0 Å². The maximum Gasteiger partial charge on any atom is 0.409 e. The summed E-state index contributed by atoms with van der Waals surface area (Å²) in [4.78, 5) is 25.3. The number of anilines is 1. The van der Waals surface area contributed by atoms with Crippen molar-refractivity contribution >= 4 is 17.7 Å². The second-order valence-corrected chi connectivity index (χ2v) is 5.39. The van der Waals surface area contributed by atoms with Gasteiger partial charge in [0.15, 0.2) is 0 Å². The van der Waals surface area contributed by atoms with Gasteiger partial charge in [-0.05, 0) is 18.6 Å². The van der Waals surface area contributed by atoms with Crippen LogP contribution in [0.25, 0.3) is 0 Å². The van der Waals surface area contributed by atoms with Crippen molar-refractivity contribution in [1.29, 1.82) is 0 Å². The minimum absolute atomic E-state index is 0.122. The number of methoxy groups -OCH3 is 1. The predicted octanol–water partition coefficient (Wildman–Crippen LogP) is 1.43. The van der Waals surface area contributed by atoms with E-state index < -0.39 is 11.4 Å². The molecule has 0 bridgehead atoms. The zero-order valence-corrected chi connectivity index (χ0v) is 12.3. The molecule has 1 aliphatic rings. The van der Waals surface area contributed by atoms with E-state index in [0.29, 0.717) is 19.5 Å². The summed E-state index contributed by atoms with van der Waals surface area (Å²) in [6, 6.07) is 9.48. The third-order valence-electron chi connectivity index (χ3n) is 4.13. The molecule has 0 aliphatic carbocycles. The smallest absolute Gasteiger partial charge is 0.409 e. The van der Waals surface area contributed by atoms with E-state index in [1.54, 1.807) is 4.90 Å². The van der Waals surface area contributed by atoms with E-state index in [0.717, 1.165) is 5.69 Å². The molecule has 21 heavy (non-hydrogen) atoms. The molecule has 0 unspecified atom stereocenters. The molecule has 6 nitrogen and oxygen atoms in total. The number of benzene rings is 1. The number of nitrogens with one attached hydrogen (secondary N) is 1. The Hall–Kier alpha value is -2.24. The van der Waals surface area contributed by atoms with Crippen LogP contribution in [0, 0.1) is 5.92 Å². The molecule has 2 rings (SSSR count). The van der Waals surface area contributed by atoms with Crippen LogP contribution in [0.2, 0.25) is 0 Å². The number of likely N-dealkylation sites (tertiary alicyclic amines) is 1. The highest BCUT2D eigenvalue weighted by Crippen LogP contribution is 2.32. The van der Waals surface area contributed by atoms with Crippen molar-refractivity contribution in [2.75, 3.05) is 25.5 Å². The summed E-state index contributed by atoms with van der Waals surface area (Å²) in [5, 5.41) is 3.27. The van der Waals surface area contributed by atoms with Crippen LogP contribution in [0.3, 0.4) is 0 Å². The van der Waals surface area contributed by atoms with Crippen LogP contribution < -0.4 is 11.1 Å². The highest BCUT2D eigenvalue weighted by molar-refractivity contribution is 5.89. The number of primary amides is 1. The highest BCUT2D eigenvalue weighted by atomic mass is 16.5. The zero-order chi connectivity index (χ0) is 15.5. The lowest BCUT2D eigenvalue weighted by molar-refractivity contribution is -0.125. The van der Waals surface area contributed by atoms with Crippen LogP contribution in [0.15, 0.2) is 30.3 Å². The van der Waals surface area contributed by atoms with Crippen LogP contribution in [0.1, 0.15) is 13.3 Å². The number of piperidine rings is 1. The van der Waals surface area contributed by atoms with Gasteiger partial charge in [0.05, 0.1) is 7.11 Å². The lowest BCUT2D eigenvalue weighted by Crippen LogP contribution is -2.62. The Morgan fingerprint density at radius 3 is 2.57 bits per heavy atom. The van der Waals surface area contributed by atoms with Crippen molar-refractivity contribution in [3.8, 4) is 0 Å². The summed E-state index contributed by atoms with van der Waals surface area (Å²) in [5.74, 6) is -0.522. The number of hydrogen-bond donors (Lipinski definition) is 2. The Bertz CT molecular complexity index is 520. The van der Waals surface area contributed by atoms with Crippen molar-refractivity contribution < 1.29 is 14.3 Å². The summed E-state index contributed by atoms with van der Waals surface area (Å²) >= 11 is 0. The molecule has 1 heterocycles. The first-order valence-corrected chi connectivity index (χ1v) is 6.95. The molecule has 114 valence electrons. The Balaban J connectivity index is 2.20. The molecule has 1 fully saturated rings. The minimum atomic E-state index is -0.855. The summed E-state index contributed by atoms with van der Waals surface area (Å²) in [7, 11) is 1.35. The van der Waals surface area contributed by atoms with Crippen LogP contribution in [-0.4, -0.2) is 42.6 Å². The number of carbonyl (C=O) groups is 2. The molecule has 2 atom stereocenters. The standard InChI is InChI=1S/C15H21N3O3/c1-11-10-18(14(20)21-2)9-8-15(11,13(16)19)17-12-6-4-3-5-7-12/h3-7,11,17H,8-10H2,1-2H3,(H2,16,19)/t11-,15+/m1/s1. The fourth-order valence-corrected chi connectivity index (χ4v) is 2.82. The molecule has 0 radical (unpaired) electrons. The number of nitrogens with two attached hydrogens (primary N) is 1. The third-order valence-corrected chi connectivity index (χ3v) is 4.13. The first kappa shape index (κ1) is 15.2.